The Balaban J connectivity index is 2.31. The molecule has 0 radical (unpaired) electrons. The summed E-state index contributed by atoms with van der Waals surface area (Å²) in [5.74, 6) is 0.863. The first-order chi connectivity index (χ1) is 8.02. The van der Waals surface area contributed by atoms with Gasteiger partial charge in [-0.15, -0.1) is 0 Å². The SMILES string of the molecule is Nc1cc(Nc2cc(Cl)cc(Cl)c2)nc(N)n1. The zero-order valence-corrected chi connectivity index (χ0v) is 10.1. The third-order valence-corrected chi connectivity index (χ3v) is 2.33. The number of benzene rings is 1. The Bertz CT molecular complexity index is 468. The molecule has 0 aliphatic carbocycles. The summed E-state index contributed by atoms with van der Waals surface area (Å²) < 4.78 is 0. The molecule has 2 rings (SSSR count). The minimum Gasteiger partial charge on any atom is -0.383 e. The van der Waals surface area contributed by atoms with Gasteiger partial charge in [-0.2, -0.15) is 9.97 Å². The predicted molar refractivity (Wildman–Crippen MR) is 70.6 cm³/mol. The summed E-state index contributed by atoms with van der Waals surface area (Å²) in [4.78, 5) is 7.74. The van der Waals surface area contributed by atoms with E-state index in [1.165, 1.54) is 0 Å². The van der Waals surface area contributed by atoms with Gasteiger partial charge in [-0.05, 0) is 18.2 Å². The smallest absolute Gasteiger partial charge is 0.223 e. The largest absolute Gasteiger partial charge is 0.383 e. The molecule has 0 aliphatic rings. The number of hydrogen-bond acceptors (Lipinski definition) is 5. The van der Waals surface area contributed by atoms with Gasteiger partial charge in [0.05, 0.1) is 0 Å². The summed E-state index contributed by atoms with van der Waals surface area (Å²) in [7, 11) is 0. The number of nitrogens with one attached hydrogen (secondary N) is 1. The summed E-state index contributed by atoms with van der Waals surface area (Å²) in [5.41, 5.74) is 11.7. The van der Waals surface area contributed by atoms with Gasteiger partial charge in [-0.3, -0.25) is 0 Å². The van der Waals surface area contributed by atoms with Gasteiger partial charge in [0.2, 0.25) is 5.95 Å². The number of nitrogens with zero attached hydrogens (tertiary/aromatic N) is 2. The number of halogens is 2. The van der Waals surface area contributed by atoms with Gasteiger partial charge in [-0.25, -0.2) is 0 Å². The van der Waals surface area contributed by atoms with Crippen LogP contribution in [0.5, 0.6) is 0 Å². The van der Waals surface area contributed by atoms with E-state index in [9.17, 15) is 0 Å². The Morgan fingerprint density at radius 1 is 0.941 bits per heavy atom. The van der Waals surface area contributed by atoms with Crippen molar-refractivity contribution in [1.29, 1.82) is 0 Å². The fourth-order valence-electron chi connectivity index (χ4n) is 1.32. The summed E-state index contributed by atoms with van der Waals surface area (Å²) in [6.45, 7) is 0. The fraction of sp³-hybridized carbons (Fsp3) is 0. The molecule has 0 saturated heterocycles. The van der Waals surface area contributed by atoms with Crippen molar-refractivity contribution in [2.45, 2.75) is 0 Å². The highest BCUT2D eigenvalue weighted by Crippen LogP contribution is 2.25. The van der Waals surface area contributed by atoms with Crippen molar-refractivity contribution in [2.75, 3.05) is 16.8 Å². The molecule has 1 aromatic heterocycles. The van der Waals surface area contributed by atoms with Crippen LogP contribution < -0.4 is 16.8 Å². The Morgan fingerprint density at radius 2 is 1.59 bits per heavy atom. The molecule has 0 bridgehead atoms. The lowest BCUT2D eigenvalue weighted by molar-refractivity contribution is 1.19. The molecule has 0 fully saturated rings. The lowest BCUT2D eigenvalue weighted by Gasteiger charge is -2.07. The average Bonchev–Trinajstić information content (AvgIpc) is 2.13. The highest BCUT2D eigenvalue weighted by atomic mass is 35.5. The lowest BCUT2D eigenvalue weighted by atomic mass is 10.3. The van der Waals surface area contributed by atoms with Gasteiger partial charge in [0, 0.05) is 21.8 Å². The molecule has 17 heavy (non-hydrogen) atoms. The second kappa shape index (κ2) is 4.65. The van der Waals surface area contributed by atoms with Crippen molar-refractivity contribution in [3.05, 3.63) is 34.3 Å². The Labute approximate surface area is 108 Å². The summed E-state index contributed by atoms with van der Waals surface area (Å²) >= 11 is 11.7. The van der Waals surface area contributed by atoms with Crippen molar-refractivity contribution in [3.63, 3.8) is 0 Å². The first-order valence-electron chi connectivity index (χ1n) is 4.66. The van der Waals surface area contributed by atoms with E-state index >= 15 is 0 Å². The van der Waals surface area contributed by atoms with E-state index in [0.717, 1.165) is 0 Å². The van der Waals surface area contributed by atoms with Crippen LogP contribution in [0.15, 0.2) is 24.3 Å². The number of nitrogens with two attached hydrogens (primary N) is 2. The van der Waals surface area contributed by atoms with Gasteiger partial charge in [0.25, 0.3) is 0 Å². The molecule has 0 amide bonds. The van der Waals surface area contributed by atoms with E-state index < -0.39 is 0 Å². The molecule has 1 heterocycles. The molecule has 0 atom stereocenters. The number of anilines is 4. The maximum atomic E-state index is 5.87. The molecule has 5 nitrogen and oxygen atoms in total. The average molecular weight is 270 g/mol. The van der Waals surface area contributed by atoms with Crippen LogP contribution in [-0.4, -0.2) is 9.97 Å². The molecule has 5 N–H and O–H groups in total. The first kappa shape index (κ1) is 11.8. The van der Waals surface area contributed by atoms with E-state index in [1.54, 1.807) is 24.3 Å². The second-order valence-corrected chi connectivity index (χ2v) is 4.19. The van der Waals surface area contributed by atoms with E-state index in [4.69, 9.17) is 34.7 Å². The van der Waals surface area contributed by atoms with Crippen LogP contribution in [0.2, 0.25) is 10.0 Å². The van der Waals surface area contributed by atoms with Crippen molar-refractivity contribution in [1.82, 2.24) is 9.97 Å². The molecule has 7 heteroatoms. The molecule has 0 aliphatic heterocycles. The molecular formula is C10H9Cl2N5. The molecular weight excluding hydrogens is 261 g/mol. The quantitative estimate of drug-likeness (QED) is 0.780. The summed E-state index contributed by atoms with van der Waals surface area (Å²) in [6.07, 6.45) is 0. The number of aromatic nitrogens is 2. The molecule has 1 aromatic carbocycles. The minimum atomic E-state index is 0.0978. The van der Waals surface area contributed by atoms with Gasteiger partial charge in [-0.1, -0.05) is 23.2 Å². The van der Waals surface area contributed by atoms with Crippen molar-refractivity contribution >= 4 is 46.5 Å². The number of nitrogen functional groups attached to an aromatic ring is 2. The molecule has 0 spiro atoms. The fourth-order valence-corrected chi connectivity index (χ4v) is 1.85. The van der Waals surface area contributed by atoms with E-state index in [-0.39, 0.29) is 11.8 Å². The van der Waals surface area contributed by atoms with Crippen LogP contribution in [0.25, 0.3) is 0 Å². The van der Waals surface area contributed by atoms with Crippen LogP contribution in [0, 0.1) is 0 Å². The van der Waals surface area contributed by atoms with Gasteiger partial charge < -0.3 is 16.8 Å². The van der Waals surface area contributed by atoms with Crippen LogP contribution in [0.4, 0.5) is 23.3 Å². The van der Waals surface area contributed by atoms with Crippen molar-refractivity contribution < 1.29 is 0 Å². The topological polar surface area (TPSA) is 89.8 Å². The molecule has 2 aromatic rings. The standard InChI is InChI=1S/C10H9Cl2N5/c11-5-1-6(12)3-7(2-5)15-9-4-8(13)16-10(14)17-9/h1-4H,(H5,13,14,15,16,17). The van der Waals surface area contributed by atoms with E-state index in [0.29, 0.717) is 21.6 Å². The van der Waals surface area contributed by atoms with Crippen molar-refractivity contribution in [3.8, 4) is 0 Å². The van der Waals surface area contributed by atoms with Crippen molar-refractivity contribution in [2.24, 2.45) is 0 Å². The third-order valence-electron chi connectivity index (χ3n) is 1.90. The van der Waals surface area contributed by atoms with E-state index in [1.807, 2.05) is 0 Å². The minimum absolute atomic E-state index is 0.0978. The zero-order chi connectivity index (χ0) is 12.4. The van der Waals surface area contributed by atoms with Gasteiger partial charge >= 0.3 is 0 Å². The predicted octanol–water partition coefficient (Wildman–Crippen LogP) is 2.69. The maximum absolute atomic E-state index is 5.87. The summed E-state index contributed by atoms with van der Waals surface area (Å²) in [5, 5.41) is 4.03. The molecule has 0 unspecified atom stereocenters. The van der Waals surface area contributed by atoms with Crippen LogP contribution in [0.3, 0.4) is 0 Å². The third kappa shape index (κ3) is 3.12. The highest BCUT2D eigenvalue weighted by molar-refractivity contribution is 6.35. The lowest BCUT2D eigenvalue weighted by Crippen LogP contribution is -2.02. The van der Waals surface area contributed by atoms with Crippen LogP contribution >= 0.6 is 23.2 Å². The van der Waals surface area contributed by atoms with Crippen LogP contribution in [-0.2, 0) is 0 Å². The van der Waals surface area contributed by atoms with Crippen LogP contribution in [0.1, 0.15) is 0 Å². The maximum Gasteiger partial charge on any atom is 0.223 e. The zero-order valence-electron chi connectivity index (χ0n) is 8.61. The van der Waals surface area contributed by atoms with Gasteiger partial charge in [0.1, 0.15) is 11.6 Å². The Hall–Kier alpha value is -1.72. The van der Waals surface area contributed by atoms with Gasteiger partial charge in [0.15, 0.2) is 0 Å². The number of rotatable bonds is 2. The Kier molecular flexibility index (Phi) is 3.21. The highest BCUT2D eigenvalue weighted by Gasteiger charge is 2.02. The molecule has 88 valence electrons. The summed E-state index contributed by atoms with van der Waals surface area (Å²) in [6, 6.07) is 6.62. The normalized spacial score (nSPS) is 10.2. The number of hydrogen-bond donors (Lipinski definition) is 3. The van der Waals surface area contributed by atoms with E-state index in [2.05, 4.69) is 15.3 Å². The Morgan fingerprint density at radius 3 is 2.18 bits per heavy atom. The second-order valence-electron chi connectivity index (χ2n) is 3.32. The molecule has 0 saturated carbocycles. The monoisotopic (exact) mass is 269 g/mol. The first-order valence-corrected chi connectivity index (χ1v) is 5.42.